The summed E-state index contributed by atoms with van der Waals surface area (Å²) in [5, 5.41) is 24.3. The smallest absolute Gasteiger partial charge is 0.299 e. The van der Waals surface area contributed by atoms with Gasteiger partial charge < -0.3 is 10.1 Å². The second-order valence-electron chi connectivity index (χ2n) is 4.79. The number of methoxy groups -OCH3 is 1. The summed E-state index contributed by atoms with van der Waals surface area (Å²) < 4.78 is 5.00. The number of nitrogens with one attached hydrogen (secondary N) is 1. The summed E-state index contributed by atoms with van der Waals surface area (Å²) in [6.07, 6.45) is 2.44. The van der Waals surface area contributed by atoms with Gasteiger partial charge in [-0.15, -0.1) is 0 Å². The lowest BCUT2D eigenvalue weighted by molar-refractivity contribution is -0.393. The van der Waals surface area contributed by atoms with Crippen LogP contribution >= 0.6 is 0 Å². The molecule has 25 heavy (non-hydrogen) atoms. The number of nitro benzene ring substituents is 2. The van der Waals surface area contributed by atoms with Gasteiger partial charge in [-0.2, -0.15) is 0 Å². The van der Waals surface area contributed by atoms with Crippen LogP contribution in [0.1, 0.15) is 10.4 Å². The molecular formula is C16H13N3O6. The second-order valence-corrected chi connectivity index (χ2v) is 4.79. The Morgan fingerprint density at radius 2 is 1.76 bits per heavy atom. The van der Waals surface area contributed by atoms with Crippen LogP contribution in [0.25, 0.3) is 0 Å². The number of carbonyl (C=O) groups is 1. The van der Waals surface area contributed by atoms with Crippen molar-refractivity contribution in [3.63, 3.8) is 0 Å². The summed E-state index contributed by atoms with van der Waals surface area (Å²) in [4.78, 5) is 32.2. The minimum absolute atomic E-state index is 0.0365. The summed E-state index contributed by atoms with van der Waals surface area (Å²) in [5.41, 5.74) is -0.405. The molecule has 2 aromatic carbocycles. The molecule has 0 saturated carbocycles. The molecule has 128 valence electrons. The molecule has 0 atom stereocenters. The quantitative estimate of drug-likeness (QED) is 0.354. The number of non-ortho nitro benzene ring substituents is 1. The fourth-order valence-electron chi connectivity index (χ4n) is 1.97. The molecule has 0 fully saturated rings. The van der Waals surface area contributed by atoms with Gasteiger partial charge in [-0.1, -0.05) is 0 Å². The van der Waals surface area contributed by atoms with Crippen LogP contribution < -0.4 is 10.1 Å². The summed E-state index contributed by atoms with van der Waals surface area (Å²) in [6, 6.07) is 9.62. The highest BCUT2D eigenvalue weighted by molar-refractivity contribution is 6.04. The fourth-order valence-corrected chi connectivity index (χ4v) is 1.97. The first-order valence-electron chi connectivity index (χ1n) is 6.96. The van der Waals surface area contributed by atoms with Gasteiger partial charge in [0, 0.05) is 23.9 Å². The number of allylic oxidation sites excluding steroid dienone is 1. The molecule has 0 heterocycles. The van der Waals surface area contributed by atoms with Crippen molar-refractivity contribution in [2.75, 3.05) is 12.4 Å². The predicted molar refractivity (Wildman–Crippen MR) is 89.8 cm³/mol. The van der Waals surface area contributed by atoms with Crippen LogP contribution in [0, 0.1) is 20.2 Å². The van der Waals surface area contributed by atoms with E-state index in [0.717, 1.165) is 12.1 Å². The minimum Gasteiger partial charge on any atom is -0.497 e. The maximum atomic E-state index is 12.0. The molecule has 0 radical (unpaired) electrons. The molecule has 2 aromatic rings. The van der Waals surface area contributed by atoms with Crippen molar-refractivity contribution in [2.45, 2.75) is 0 Å². The average molecular weight is 343 g/mol. The molecule has 0 saturated heterocycles. The number of nitrogens with zero attached hydrogens (tertiary/aromatic N) is 2. The first-order chi connectivity index (χ1) is 11.9. The number of nitro groups is 2. The Hall–Kier alpha value is -3.75. The van der Waals surface area contributed by atoms with Gasteiger partial charge in [-0.25, -0.2) is 0 Å². The molecule has 0 aliphatic heterocycles. The fraction of sp³-hybridized carbons (Fsp3) is 0.0625. The van der Waals surface area contributed by atoms with Crippen LogP contribution in [-0.4, -0.2) is 22.7 Å². The van der Waals surface area contributed by atoms with Gasteiger partial charge in [0.15, 0.2) is 5.78 Å². The Morgan fingerprint density at radius 1 is 1.08 bits per heavy atom. The van der Waals surface area contributed by atoms with E-state index in [1.54, 1.807) is 24.3 Å². The van der Waals surface area contributed by atoms with Crippen LogP contribution in [0.5, 0.6) is 5.75 Å². The highest BCUT2D eigenvalue weighted by atomic mass is 16.6. The van der Waals surface area contributed by atoms with E-state index in [1.807, 2.05) is 0 Å². The van der Waals surface area contributed by atoms with E-state index in [9.17, 15) is 25.0 Å². The molecular weight excluding hydrogens is 330 g/mol. The topological polar surface area (TPSA) is 125 Å². The maximum absolute atomic E-state index is 12.0. The zero-order valence-electron chi connectivity index (χ0n) is 13.0. The molecule has 9 heteroatoms. The number of rotatable bonds is 7. The molecule has 2 rings (SSSR count). The van der Waals surface area contributed by atoms with Gasteiger partial charge in [0.25, 0.3) is 11.4 Å². The van der Waals surface area contributed by atoms with Crippen LogP contribution in [0.15, 0.2) is 54.7 Å². The largest absolute Gasteiger partial charge is 0.497 e. The summed E-state index contributed by atoms with van der Waals surface area (Å²) >= 11 is 0. The zero-order valence-corrected chi connectivity index (χ0v) is 13.0. The normalized spacial score (nSPS) is 10.4. The van der Waals surface area contributed by atoms with E-state index < -0.39 is 21.2 Å². The highest BCUT2D eigenvalue weighted by Crippen LogP contribution is 2.28. The second kappa shape index (κ2) is 7.68. The van der Waals surface area contributed by atoms with Crippen molar-refractivity contribution in [1.82, 2.24) is 0 Å². The van der Waals surface area contributed by atoms with Crippen molar-refractivity contribution < 1.29 is 19.4 Å². The van der Waals surface area contributed by atoms with E-state index in [4.69, 9.17) is 4.74 Å². The average Bonchev–Trinajstić information content (AvgIpc) is 2.61. The van der Waals surface area contributed by atoms with Gasteiger partial charge in [0.1, 0.15) is 11.4 Å². The Bertz CT molecular complexity index is 845. The monoisotopic (exact) mass is 343 g/mol. The molecule has 0 spiro atoms. The first-order valence-corrected chi connectivity index (χ1v) is 6.96. The number of hydrogen-bond acceptors (Lipinski definition) is 7. The van der Waals surface area contributed by atoms with Crippen LogP contribution in [0.2, 0.25) is 0 Å². The molecule has 0 aliphatic rings. The molecule has 9 nitrogen and oxygen atoms in total. The van der Waals surface area contributed by atoms with E-state index in [2.05, 4.69) is 5.32 Å². The van der Waals surface area contributed by atoms with Crippen LogP contribution in [-0.2, 0) is 0 Å². The predicted octanol–water partition coefficient (Wildman–Crippen LogP) is 3.32. The van der Waals surface area contributed by atoms with E-state index in [0.29, 0.717) is 11.3 Å². The van der Waals surface area contributed by atoms with Crippen molar-refractivity contribution in [3.8, 4) is 5.75 Å². The van der Waals surface area contributed by atoms with Gasteiger partial charge in [-0.3, -0.25) is 25.0 Å². The Kier molecular flexibility index (Phi) is 5.41. The van der Waals surface area contributed by atoms with Gasteiger partial charge in [-0.05, 0) is 30.3 Å². The number of carbonyl (C=O) groups excluding carboxylic acids is 1. The molecule has 0 amide bonds. The lowest BCUT2D eigenvalue weighted by Gasteiger charge is -2.03. The third kappa shape index (κ3) is 4.38. The summed E-state index contributed by atoms with van der Waals surface area (Å²) in [5.74, 6) is 0.292. The Balaban J connectivity index is 2.14. The summed E-state index contributed by atoms with van der Waals surface area (Å²) in [6.45, 7) is 0. The third-order valence-electron chi connectivity index (χ3n) is 3.24. The van der Waals surface area contributed by atoms with E-state index in [-0.39, 0.29) is 11.5 Å². The third-order valence-corrected chi connectivity index (χ3v) is 3.24. The number of benzene rings is 2. The number of hydrogen-bond donors (Lipinski definition) is 1. The lowest BCUT2D eigenvalue weighted by Crippen LogP contribution is -1.99. The molecule has 0 aliphatic carbocycles. The van der Waals surface area contributed by atoms with Crippen molar-refractivity contribution in [3.05, 3.63) is 80.5 Å². The summed E-state index contributed by atoms with van der Waals surface area (Å²) in [7, 11) is 1.51. The lowest BCUT2D eigenvalue weighted by atomic mass is 10.1. The van der Waals surface area contributed by atoms with Gasteiger partial charge in [0.2, 0.25) is 0 Å². The number of anilines is 1. The highest BCUT2D eigenvalue weighted by Gasteiger charge is 2.18. The van der Waals surface area contributed by atoms with E-state index >= 15 is 0 Å². The first kappa shape index (κ1) is 17.6. The maximum Gasteiger partial charge on any atom is 0.299 e. The number of ketones is 1. The van der Waals surface area contributed by atoms with Gasteiger partial charge >= 0.3 is 0 Å². The SMILES string of the molecule is COc1ccc(C(=O)C=CNc2ccc([N+](=O)[O-])cc2[N+](=O)[O-])cc1. The van der Waals surface area contributed by atoms with Gasteiger partial charge in [0.05, 0.1) is 23.0 Å². The molecule has 0 unspecified atom stereocenters. The Morgan fingerprint density at radius 3 is 2.32 bits per heavy atom. The van der Waals surface area contributed by atoms with Crippen molar-refractivity contribution in [2.24, 2.45) is 0 Å². The van der Waals surface area contributed by atoms with Crippen molar-refractivity contribution in [1.29, 1.82) is 0 Å². The molecule has 1 N–H and O–H groups in total. The standard InChI is InChI=1S/C16H13N3O6/c1-25-13-5-2-11(3-6-13)16(20)8-9-17-14-7-4-12(18(21)22)10-15(14)19(23)24/h2-10,17H,1H3. The molecule has 0 bridgehead atoms. The van der Waals surface area contributed by atoms with Crippen molar-refractivity contribution >= 4 is 22.8 Å². The minimum atomic E-state index is -0.742. The van der Waals surface area contributed by atoms with Crippen LogP contribution in [0.3, 0.4) is 0 Å². The number of ether oxygens (including phenoxy) is 1. The molecule has 0 aromatic heterocycles. The Labute approximate surface area is 141 Å². The van der Waals surface area contributed by atoms with Crippen LogP contribution in [0.4, 0.5) is 17.1 Å². The zero-order chi connectivity index (χ0) is 18.4. The van der Waals surface area contributed by atoms with E-state index in [1.165, 1.54) is 25.5 Å².